The summed E-state index contributed by atoms with van der Waals surface area (Å²) in [5, 5.41) is 7.42. The van der Waals surface area contributed by atoms with Gasteiger partial charge in [0.1, 0.15) is 6.10 Å². The highest BCUT2D eigenvalue weighted by atomic mass is 16.7. The topological polar surface area (TPSA) is 91.0 Å². The van der Waals surface area contributed by atoms with Crippen LogP contribution in [0.5, 0.6) is 0 Å². The Kier molecular flexibility index (Phi) is 8.18. The second-order valence-corrected chi connectivity index (χ2v) is 5.09. The predicted molar refractivity (Wildman–Crippen MR) is 91.1 cm³/mol. The number of nitrogens with two attached hydrogens (primary N) is 1. The van der Waals surface area contributed by atoms with Gasteiger partial charge in [-0.25, -0.2) is 0 Å². The molecule has 1 aromatic rings. The van der Waals surface area contributed by atoms with Crippen LogP contribution in [0.2, 0.25) is 0 Å². The third-order valence-electron chi connectivity index (χ3n) is 3.21. The van der Waals surface area contributed by atoms with Crippen molar-refractivity contribution in [1.29, 1.82) is 0 Å². The normalized spacial score (nSPS) is 22.3. The van der Waals surface area contributed by atoms with E-state index in [1.54, 1.807) is 13.2 Å². The zero-order valence-electron chi connectivity index (χ0n) is 14.3. The molecule has 2 rings (SSSR count). The van der Waals surface area contributed by atoms with Gasteiger partial charge in [-0.3, -0.25) is 4.79 Å². The second kappa shape index (κ2) is 9.87. The van der Waals surface area contributed by atoms with E-state index in [0.29, 0.717) is 18.9 Å². The maximum absolute atomic E-state index is 9.00. The molecule has 0 spiro atoms. The van der Waals surface area contributed by atoms with Crippen molar-refractivity contribution in [3.8, 4) is 0 Å². The Morgan fingerprint density at radius 1 is 1.33 bits per heavy atom. The van der Waals surface area contributed by atoms with Gasteiger partial charge >= 0.3 is 0 Å². The first-order valence-electron chi connectivity index (χ1n) is 7.64. The highest BCUT2D eigenvalue weighted by Crippen LogP contribution is 2.28. The molecule has 0 saturated heterocycles. The number of methoxy groups -OCH3 is 1. The largest absolute Gasteiger partial charge is 0.481 e. The molecule has 0 radical (unpaired) electrons. The van der Waals surface area contributed by atoms with Crippen molar-refractivity contribution >= 4 is 5.97 Å². The quantitative estimate of drug-likeness (QED) is 0.776. The van der Waals surface area contributed by atoms with Crippen LogP contribution in [-0.4, -0.2) is 36.7 Å². The zero-order chi connectivity index (χ0) is 18.0. The fourth-order valence-corrected chi connectivity index (χ4v) is 2.18. The summed E-state index contributed by atoms with van der Waals surface area (Å²) in [6, 6.07) is 9.97. The van der Waals surface area contributed by atoms with Gasteiger partial charge in [-0.05, 0) is 30.7 Å². The van der Waals surface area contributed by atoms with Gasteiger partial charge in [-0.2, -0.15) is 0 Å². The van der Waals surface area contributed by atoms with Gasteiger partial charge in [0.15, 0.2) is 0 Å². The van der Waals surface area contributed by atoms with Crippen LogP contribution in [-0.2, 0) is 25.6 Å². The summed E-state index contributed by atoms with van der Waals surface area (Å²) in [6.07, 6.45) is 5.03. The fraction of sp³-hybridized carbons (Fsp3) is 0.389. The fourth-order valence-electron chi connectivity index (χ4n) is 2.18. The number of allylic oxidation sites excluding steroid dienone is 1. The first-order valence-corrected chi connectivity index (χ1v) is 7.64. The number of rotatable bonds is 6. The monoisotopic (exact) mass is 335 g/mol. The zero-order valence-corrected chi connectivity index (χ0v) is 14.3. The molecule has 0 bridgehead atoms. The minimum absolute atomic E-state index is 0.377. The number of benzene rings is 1. The van der Waals surface area contributed by atoms with Crippen LogP contribution in [0.1, 0.15) is 19.4 Å². The van der Waals surface area contributed by atoms with Crippen LogP contribution in [0.25, 0.3) is 0 Å². The van der Waals surface area contributed by atoms with Crippen LogP contribution in [0, 0.1) is 0 Å². The SMILES string of the molecule is CC(=O)O.CCOC1(OC)C=CC(N)=CC1OCc1ccccc1. The van der Waals surface area contributed by atoms with Crippen LogP contribution < -0.4 is 5.73 Å². The Balaban J connectivity index is 0.000000648. The summed E-state index contributed by atoms with van der Waals surface area (Å²) in [7, 11) is 1.61. The number of hydrogen-bond donors (Lipinski definition) is 2. The van der Waals surface area contributed by atoms with Gasteiger partial charge in [-0.15, -0.1) is 0 Å². The van der Waals surface area contributed by atoms with Crippen molar-refractivity contribution in [3.63, 3.8) is 0 Å². The van der Waals surface area contributed by atoms with E-state index in [0.717, 1.165) is 12.5 Å². The van der Waals surface area contributed by atoms with Crippen molar-refractivity contribution in [1.82, 2.24) is 0 Å². The average Bonchev–Trinajstić information content (AvgIpc) is 2.56. The van der Waals surface area contributed by atoms with Crippen LogP contribution in [0.3, 0.4) is 0 Å². The lowest BCUT2D eigenvalue weighted by atomic mass is 10.0. The Morgan fingerprint density at radius 3 is 2.50 bits per heavy atom. The summed E-state index contributed by atoms with van der Waals surface area (Å²) < 4.78 is 17.2. The molecule has 1 aliphatic rings. The molecular formula is C18H25NO5. The highest BCUT2D eigenvalue weighted by molar-refractivity contribution is 5.62. The van der Waals surface area contributed by atoms with E-state index in [9.17, 15) is 0 Å². The van der Waals surface area contributed by atoms with Gasteiger partial charge < -0.3 is 25.1 Å². The molecule has 0 aliphatic heterocycles. The van der Waals surface area contributed by atoms with E-state index >= 15 is 0 Å². The molecule has 0 aromatic heterocycles. The molecule has 24 heavy (non-hydrogen) atoms. The van der Waals surface area contributed by atoms with Crippen molar-refractivity contribution in [3.05, 3.63) is 59.8 Å². The maximum atomic E-state index is 9.00. The van der Waals surface area contributed by atoms with Gasteiger partial charge in [0.05, 0.1) is 6.61 Å². The van der Waals surface area contributed by atoms with Crippen LogP contribution in [0.4, 0.5) is 0 Å². The standard InChI is InChI=1S/C16H21NO3.C2H4O2/c1-3-20-16(18-2)10-9-14(17)11-15(16)19-12-13-7-5-4-6-8-13;1-2(3)4/h4-11,15H,3,12,17H2,1-2H3;1H3,(H,3,4). The van der Waals surface area contributed by atoms with E-state index in [1.807, 2.05) is 49.4 Å². The average molecular weight is 335 g/mol. The van der Waals surface area contributed by atoms with E-state index < -0.39 is 11.8 Å². The third-order valence-corrected chi connectivity index (χ3v) is 3.21. The highest BCUT2D eigenvalue weighted by Gasteiger charge is 2.39. The molecular weight excluding hydrogens is 310 g/mol. The first kappa shape index (κ1) is 19.9. The molecule has 2 atom stereocenters. The van der Waals surface area contributed by atoms with Gasteiger partial charge in [0.2, 0.25) is 5.79 Å². The lowest BCUT2D eigenvalue weighted by Gasteiger charge is -2.37. The number of hydrogen-bond acceptors (Lipinski definition) is 5. The van der Waals surface area contributed by atoms with E-state index in [4.69, 9.17) is 29.8 Å². The molecule has 1 aliphatic carbocycles. The number of carbonyl (C=O) groups is 1. The van der Waals surface area contributed by atoms with Crippen LogP contribution in [0.15, 0.2) is 54.3 Å². The summed E-state index contributed by atoms with van der Waals surface area (Å²) >= 11 is 0. The summed E-state index contributed by atoms with van der Waals surface area (Å²) in [5.41, 5.74) is 7.59. The lowest BCUT2D eigenvalue weighted by molar-refractivity contribution is -0.240. The molecule has 0 heterocycles. The summed E-state index contributed by atoms with van der Waals surface area (Å²) in [5.74, 6) is -1.74. The molecule has 6 nitrogen and oxygen atoms in total. The van der Waals surface area contributed by atoms with E-state index in [2.05, 4.69) is 0 Å². The molecule has 0 saturated carbocycles. The number of carboxylic acids is 1. The smallest absolute Gasteiger partial charge is 0.300 e. The van der Waals surface area contributed by atoms with Crippen molar-refractivity contribution in [2.24, 2.45) is 5.73 Å². The number of carboxylic acid groups (broad SMARTS) is 1. The maximum Gasteiger partial charge on any atom is 0.300 e. The minimum Gasteiger partial charge on any atom is -0.481 e. The Bertz CT molecular complexity index is 566. The van der Waals surface area contributed by atoms with Crippen molar-refractivity contribution in [2.45, 2.75) is 32.3 Å². The molecule has 0 fully saturated rings. The molecule has 0 amide bonds. The van der Waals surface area contributed by atoms with Crippen molar-refractivity contribution < 1.29 is 24.1 Å². The third kappa shape index (κ3) is 6.16. The van der Waals surface area contributed by atoms with E-state index in [1.165, 1.54) is 0 Å². The van der Waals surface area contributed by atoms with Gasteiger partial charge in [0, 0.05) is 26.3 Å². The first-order chi connectivity index (χ1) is 11.4. The molecule has 6 heteroatoms. The number of aliphatic carboxylic acids is 1. The lowest BCUT2D eigenvalue weighted by Crippen LogP contribution is -2.47. The molecule has 1 aromatic carbocycles. The Morgan fingerprint density at radius 2 is 1.96 bits per heavy atom. The summed E-state index contributed by atoms with van der Waals surface area (Å²) in [4.78, 5) is 9.00. The van der Waals surface area contributed by atoms with Gasteiger partial charge in [0.25, 0.3) is 5.97 Å². The van der Waals surface area contributed by atoms with E-state index in [-0.39, 0.29) is 6.10 Å². The van der Waals surface area contributed by atoms with Crippen LogP contribution >= 0.6 is 0 Å². The Labute approximate surface area is 142 Å². The molecule has 2 unspecified atom stereocenters. The molecule has 132 valence electrons. The number of ether oxygens (including phenoxy) is 3. The second-order valence-electron chi connectivity index (χ2n) is 5.09. The molecule has 3 N–H and O–H groups in total. The summed E-state index contributed by atoms with van der Waals surface area (Å²) in [6.45, 7) is 4.00. The predicted octanol–water partition coefficient (Wildman–Crippen LogP) is 2.45. The minimum atomic E-state index is -0.910. The van der Waals surface area contributed by atoms with Crippen molar-refractivity contribution in [2.75, 3.05) is 13.7 Å². The van der Waals surface area contributed by atoms with Gasteiger partial charge in [-0.1, -0.05) is 30.3 Å². The Hall–Kier alpha value is -2.15.